The molecular weight excluding hydrogens is 412 g/mol. The van der Waals surface area contributed by atoms with Crippen molar-refractivity contribution in [1.82, 2.24) is 10.0 Å². The van der Waals surface area contributed by atoms with E-state index in [1.807, 2.05) is 18.2 Å². The third-order valence-corrected chi connectivity index (χ3v) is 5.48. The molecule has 2 aromatic rings. The maximum atomic E-state index is 12.8. The maximum absolute atomic E-state index is 12.8. The minimum atomic E-state index is -0.246. The van der Waals surface area contributed by atoms with Crippen LogP contribution in [-0.2, 0) is 16.0 Å². The van der Waals surface area contributed by atoms with Crippen LogP contribution >= 0.6 is 0 Å². The molecule has 1 saturated heterocycles. The van der Waals surface area contributed by atoms with E-state index in [1.54, 1.807) is 43.5 Å². The monoisotopic (exact) mass is 438 g/mol. The Morgan fingerprint density at radius 3 is 2.62 bits per heavy atom. The molecule has 0 radical (unpaired) electrons. The van der Waals surface area contributed by atoms with Crippen LogP contribution in [0.2, 0.25) is 0 Å². The number of aryl methyl sites for hydroxylation is 1. The Bertz CT molecular complexity index is 1040. The zero-order chi connectivity index (χ0) is 22.5. The largest absolute Gasteiger partial charge is 0.497 e. The SMILES string of the molecule is COc1ccc(OC)c(C=CC(=O)N2CCCN2C(=O)CCc2ccc3c(c2)OCO3)c1. The van der Waals surface area contributed by atoms with Crippen LogP contribution in [0.4, 0.5) is 0 Å². The first-order chi connectivity index (χ1) is 15.6. The number of carbonyl (C=O) groups excluding carboxylic acids is 2. The summed E-state index contributed by atoms with van der Waals surface area (Å²) in [6, 6.07) is 11.0. The predicted octanol–water partition coefficient (Wildman–Crippen LogP) is 3.05. The molecule has 0 spiro atoms. The van der Waals surface area contributed by atoms with Gasteiger partial charge >= 0.3 is 0 Å². The molecular formula is C24H26N2O6. The van der Waals surface area contributed by atoms with Gasteiger partial charge in [-0.3, -0.25) is 14.6 Å². The summed E-state index contributed by atoms with van der Waals surface area (Å²) in [5.41, 5.74) is 1.71. The molecule has 0 aliphatic carbocycles. The van der Waals surface area contributed by atoms with Crippen LogP contribution in [0, 0.1) is 0 Å². The highest BCUT2D eigenvalue weighted by Crippen LogP contribution is 2.33. The molecule has 4 rings (SSSR count). The van der Waals surface area contributed by atoms with Gasteiger partial charge in [-0.15, -0.1) is 0 Å². The Kier molecular flexibility index (Phi) is 6.49. The third-order valence-electron chi connectivity index (χ3n) is 5.48. The van der Waals surface area contributed by atoms with Crippen molar-refractivity contribution in [3.8, 4) is 23.0 Å². The van der Waals surface area contributed by atoms with Crippen molar-refractivity contribution in [2.24, 2.45) is 0 Å². The highest BCUT2D eigenvalue weighted by atomic mass is 16.7. The summed E-state index contributed by atoms with van der Waals surface area (Å²) >= 11 is 0. The molecule has 0 unspecified atom stereocenters. The van der Waals surface area contributed by atoms with E-state index >= 15 is 0 Å². The van der Waals surface area contributed by atoms with E-state index in [2.05, 4.69) is 0 Å². The second kappa shape index (κ2) is 9.64. The molecule has 8 nitrogen and oxygen atoms in total. The second-order valence-corrected chi connectivity index (χ2v) is 7.46. The van der Waals surface area contributed by atoms with Crippen LogP contribution in [0.25, 0.3) is 6.08 Å². The van der Waals surface area contributed by atoms with Gasteiger partial charge in [-0.25, -0.2) is 5.01 Å². The Balaban J connectivity index is 1.39. The summed E-state index contributed by atoms with van der Waals surface area (Å²) in [5.74, 6) is 2.39. The Morgan fingerprint density at radius 1 is 1.00 bits per heavy atom. The zero-order valence-electron chi connectivity index (χ0n) is 18.2. The van der Waals surface area contributed by atoms with Crippen LogP contribution in [0.5, 0.6) is 23.0 Å². The van der Waals surface area contributed by atoms with Crippen LogP contribution < -0.4 is 18.9 Å². The number of fused-ring (bicyclic) bond motifs is 1. The number of amides is 2. The molecule has 8 heteroatoms. The second-order valence-electron chi connectivity index (χ2n) is 7.46. The number of hydrogen-bond donors (Lipinski definition) is 0. The van der Waals surface area contributed by atoms with Crippen LogP contribution in [0.15, 0.2) is 42.5 Å². The van der Waals surface area contributed by atoms with Crippen molar-refractivity contribution < 1.29 is 28.5 Å². The fourth-order valence-electron chi connectivity index (χ4n) is 3.79. The maximum Gasteiger partial charge on any atom is 0.265 e. The first-order valence-electron chi connectivity index (χ1n) is 10.5. The topological polar surface area (TPSA) is 77.5 Å². The number of benzene rings is 2. The molecule has 2 amide bonds. The Labute approximate surface area is 186 Å². The molecule has 2 aliphatic rings. The standard InChI is InChI=1S/C24H26N2O6/c1-29-19-7-9-20(30-2)18(15-19)6-11-24(28)26-13-3-12-25(26)23(27)10-5-17-4-8-21-22(14-17)32-16-31-21/h4,6-9,11,14-15H,3,5,10,12-13,16H2,1-2H3. The van der Waals surface area contributed by atoms with Gasteiger partial charge in [0.25, 0.3) is 5.91 Å². The molecule has 0 N–H and O–H groups in total. The molecule has 32 heavy (non-hydrogen) atoms. The van der Waals surface area contributed by atoms with E-state index in [4.69, 9.17) is 18.9 Å². The number of ether oxygens (including phenoxy) is 4. The number of methoxy groups -OCH3 is 2. The van der Waals surface area contributed by atoms with Crippen molar-refractivity contribution in [3.05, 3.63) is 53.6 Å². The summed E-state index contributed by atoms with van der Waals surface area (Å²) in [6.07, 6.45) is 4.75. The third kappa shape index (κ3) is 4.64. The lowest BCUT2D eigenvalue weighted by atomic mass is 10.1. The van der Waals surface area contributed by atoms with E-state index in [-0.39, 0.29) is 18.6 Å². The number of nitrogens with zero attached hydrogens (tertiary/aromatic N) is 2. The highest BCUT2D eigenvalue weighted by Gasteiger charge is 2.29. The summed E-state index contributed by atoms with van der Waals surface area (Å²) in [4.78, 5) is 25.7. The first-order valence-corrected chi connectivity index (χ1v) is 10.5. The van der Waals surface area contributed by atoms with E-state index in [1.165, 1.54) is 11.1 Å². The van der Waals surface area contributed by atoms with Crippen molar-refractivity contribution in [3.63, 3.8) is 0 Å². The normalized spacial score (nSPS) is 14.8. The van der Waals surface area contributed by atoms with Gasteiger partial charge in [-0.1, -0.05) is 6.07 Å². The van der Waals surface area contributed by atoms with Crippen LogP contribution in [0.3, 0.4) is 0 Å². The number of hydrazine groups is 1. The summed E-state index contributed by atoms with van der Waals surface area (Å²) in [6.45, 7) is 1.26. The molecule has 2 aliphatic heterocycles. The lowest BCUT2D eigenvalue weighted by Gasteiger charge is -2.27. The average molecular weight is 438 g/mol. The predicted molar refractivity (Wildman–Crippen MR) is 118 cm³/mol. The van der Waals surface area contributed by atoms with Crippen molar-refractivity contribution >= 4 is 17.9 Å². The van der Waals surface area contributed by atoms with Crippen molar-refractivity contribution in [2.75, 3.05) is 34.1 Å². The van der Waals surface area contributed by atoms with E-state index < -0.39 is 0 Å². The van der Waals surface area contributed by atoms with Crippen molar-refractivity contribution in [1.29, 1.82) is 0 Å². The number of carbonyl (C=O) groups is 2. The molecule has 168 valence electrons. The number of hydrogen-bond acceptors (Lipinski definition) is 6. The molecule has 2 aromatic carbocycles. The smallest absolute Gasteiger partial charge is 0.265 e. The minimum Gasteiger partial charge on any atom is -0.497 e. The van der Waals surface area contributed by atoms with Crippen LogP contribution in [-0.4, -0.2) is 55.9 Å². The van der Waals surface area contributed by atoms with Crippen LogP contribution in [0.1, 0.15) is 24.0 Å². The Morgan fingerprint density at radius 2 is 1.81 bits per heavy atom. The van der Waals surface area contributed by atoms with E-state index in [9.17, 15) is 9.59 Å². The molecule has 0 bridgehead atoms. The van der Waals surface area contributed by atoms with E-state index in [0.717, 1.165) is 23.3 Å². The highest BCUT2D eigenvalue weighted by molar-refractivity contribution is 5.94. The molecule has 0 atom stereocenters. The molecule has 1 fully saturated rings. The van der Waals surface area contributed by atoms with Gasteiger partial charge in [-0.05, 0) is 54.8 Å². The van der Waals surface area contributed by atoms with Crippen molar-refractivity contribution in [2.45, 2.75) is 19.3 Å². The fraction of sp³-hybridized carbons (Fsp3) is 0.333. The van der Waals surface area contributed by atoms with Gasteiger partial charge < -0.3 is 18.9 Å². The fourth-order valence-corrected chi connectivity index (χ4v) is 3.79. The molecule has 0 aromatic heterocycles. The zero-order valence-corrected chi connectivity index (χ0v) is 18.2. The Hall–Kier alpha value is -3.68. The van der Waals surface area contributed by atoms with Gasteiger partial charge in [0.1, 0.15) is 11.5 Å². The van der Waals surface area contributed by atoms with Gasteiger partial charge in [0.2, 0.25) is 12.7 Å². The summed E-state index contributed by atoms with van der Waals surface area (Å²) < 4.78 is 21.3. The lowest BCUT2D eigenvalue weighted by Crippen LogP contribution is -2.44. The minimum absolute atomic E-state index is 0.0825. The van der Waals surface area contributed by atoms with Gasteiger partial charge in [-0.2, -0.15) is 0 Å². The summed E-state index contributed by atoms with van der Waals surface area (Å²) in [5, 5.41) is 3.05. The van der Waals surface area contributed by atoms with Gasteiger partial charge in [0, 0.05) is 31.1 Å². The van der Waals surface area contributed by atoms with Gasteiger partial charge in [0.15, 0.2) is 11.5 Å². The lowest BCUT2D eigenvalue weighted by molar-refractivity contribution is -0.154. The number of rotatable bonds is 7. The molecule has 0 saturated carbocycles. The quantitative estimate of drug-likeness (QED) is 0.619. The van der Waals surface area contributed by atoms with E-state index in [0.29, 0.717) is 43.2 Å². The first kappa shape index (κ1) is 21.5. The van der Waals surface area contributed by atoms with Gasteiger partial charge in [0.05, 0.1) is 14.2 Å². The summed E-state index contributed by atoms with van der Waals surface area (Å²) in [7, 11) is 3.15. The molecule has 2 heterocycles. The average Bonchev–Trinajstić information content (AvgIpc) is 3.50.